The molecule has 166 valence electrons. The molecule has 1 fully saturated rings. The van der Waals surface area contributed by atoms with Crippen molar-refractivity contribution in [1.29, 1.82) is 0 Å². The zero-order valence-corrected chi connectivity index (χ0v) is 17.1. The van der Waals surface area contributed by atoms with Crippen LogP contribution < -0.4 is 10.6 Å². The van der Waals surface area contributed by atoms with Crippen molar-refractivity contribution in [3.05, 3.63) is 69.7 Å². The zero-order chi connectivity index (χ0) is 26.5. The number of hydrogen-bond donors (Lipinski definition) is 2. The van der Waals surface area contributed by atoms with E-state index in [4.69, 9.17) is 17.1 Å². The minimum Gasteiger partial charge on any atom is -0.346 e. The molecule has 0 aliphatic carbocycles. The number of amides is 4. The molecular formula is C22H18ClF2N3O4. The topological polar surface area (TPSA) is 95.6 Å². The molecule has 0 saturated carbocycles. The van der Waals surface area contributed by atoms with Gasteiger partial charge in [0, 0.05) is 35.6 Å². The fraction of sp³-hybridized carbons (Fsp3) is 0.273. The highest BCUT2D eigenvalue weighted by molar-refractivity contribution is 6.30. The van der Waals surface area contributed by atoms with Gasteiger partial charge in [-0.15, -0.1) is 0 Å². The molecule has 10 heteroatoms. The number of rotatable bonds is 5. The second-order valence-corrected chi connectivity index (χ2v) is 7.67. The van der Waals surface area contributed by atoms with E-state index in [9.17, 15) is 28.0 Å². The average Bonchev–Trinajstić information content (AvgIpc) is 3.06. The Labute approximate surface area is 192 Å². The Morgan fingerprint density at radius 2 is 2.03 bits per heavy atom. The predicted molar refractivity (Wildman–Crippen MR) is 110 cm³/mol. The van der Waals surface area contributed by atoms with Crippen molar-refractivity contribution in [3.63, 3.8) is 0 Å². The Balaban J connectivity index is 1.62. The van der Waals surface area contributed by atoms with Gasteiger partial charge in [-0.25, -0.2) is 0 Å². The fourth-order valence-electron chi connectivity index (χ4n) is 3.42. The Kier molecular flexibility index (Phi) is 4.48. The van der Waals surface area contributed by atoms with Crippen molar-refractivity contribution < 1.29 is 33.5 Å². The summed E-state index contributed by atoms with van der Waals surface area (Å²) in [5, 5.41) is 2.18. The molecule has 0 bridgehead atoms. The van der Waals surface area contributed by atoms with Gasteiger partial charge in [0.25, 0.3) is 11.8 Å². The van der Waals surface area contributed by atoms with Gasteiger partial charge in [0.05, 0.1) is 4.11 Å². The molecule has 7 nitrogen and oxygen atoms in total. The van der Waals surface area contributed by atoms with E-state index < -0.39 is 66.3 Å². The Morgan fingerprint density at radius 1 is 1.31 bits per heavy atom. The largest absolute Gasteiger partial charge is 0.349 e. The van der Waals surface area contributed by atoms with Gasteiger partial charge >= 0.3 is 5.92 Å². The summed E-state index contributed by atoms with van der Waals surface area (Å²) in [5.74, 6) is -8.08. The number of nitrogens with one attached hydrogen (secondary N) is 2. The van der Waals surface area contributed by atoms with Crippen LogP contribution in [-0.2, 0) is 33.4 Å². The number of hydrogen-bond acceptors (Lipinski definition) is 4. The molecule has 4 amide bonds. The number of carbonyl (C=O) groups is 4. The standard InChI is InChI=1S/C22H18ClF2N3O4/c23-15-4-2-14(3-5-15)22(24,25)21(32)26-10-12-1-6-16-13(9-12)11-28(20(16)31)17-7-8-18(29)27-19(17)30/h1-6,9,17H,7-8,10-11H2,(H,26,32)(H,27,29,30)/i1D,9D,11D/hD. The molecule has 2 N–H and O–H groups in total. The van der Waals surface area contributed by atoms with E-state index in [-0.39, 0.29) is 39.9 Å². The summed E-state index contributed by atoms with van der Waals surface area (Å²) >= 11 is 5.69. The van der Waals surface area contributed by atoms with Gasteiger partial charge in [0.2, 0.25) is 11.8 Å². The van der Waals surface area contributed by atoms with E-state index in [1.807, 2.05) is 0 Å². The molecule has 2 aromatic carbocycles. The quantitative estimate of drug-likeness (QED) is 0.663. The molecule has 2 heterocycles. The SMILES string of the molecule is [2H]c1cc2c(c([2H])c1CN([2H])C(=O)C(F)(F)c1ccc(Cl)cc1)C([2H])N(C1CCC(=O)NC1=O)C2=O. The molecule has 2 unspecified atom stereocenters. The lowest BCUT2D eigenvalue weighted by atomic mass is 10.0. The summed E-state index contributed by atoms with van der Waals surface area (Å²) in [6.45, 7) is -2.43. The first-order valence-corrected chi connectivity index (χ1v) is 9.88. The minimum atomic E-state index is -4.09. The molecule has 0 spiro atoms. The van der Waals surface area contributed by atoms with Crippen LogP contribution in [0.2, 0.25) is 6.43 Å². The molecule has 2 aliphatic heterocycles. The maximum atomic E-state index is 14.7. The van der Waals surface area contributed by atoms with Crippen molar-refractivity contribution in [2.45, 2.75) is 37.9 Å². The van der Waals surface area contributed by atoms with Crippen molar-refractivity contribution in [3.8, 4) is 0 Å². The number of carbonyl (C=O) groups excluding carboxylic acids is 4. The van der Waals surface area contributed by atoms with Gasteiger partial charge in [0.1, 0.15) is 6.04 Å². The second kappa shape index (κ2) is 8.31. The zero-order valence-electron chi connectivity index (χ0n) is 20.3. The van der Waals surface area contributed by atoms with Crippen LogP contribution in [0.5, 0.6) is 0 Å². The van der Waals surface area contributed by atoms with Crippen LogP contribution in [0.1, 0.15) is 44.0 Å². The van der Waals surface area contributed by atoms with Gasteiger partial charge in [-0.2, -0.15) is 8.78 Å². The number of alkyl halides is 2. The van der Waals surface area contributed by atoms with Crippen molar-refractivity contribution in [2.75, 3.05) is 0 Å². The van der Waals surface area contributed by atoms with Crippen LogP contribution in [0.25, 0.3) is 0 Å². The minimum absolute atomic E-state index is 0.0253. The highest BCUT2D eigenvalue weighted by Gasteiger charge is 2.41. The van der Waals surface area contributed by atoms with E-state index >= 15 is 0 Å². The van der Waals surface area contributed by atoms with E-state index in [0.717, 1.165) is 35.2 Å². The van der Waals surface area contributed by atoms with Gasteiger partial charge in [0.15, 0.2) is 1.41 Å². The van der Waals surface area contributed by atoms with Gasteiger partial charge in [-0.3, -0.25) is 24.5 Å². The number of benzene rings is 2. The summed E-state index contributed by atoms with van der Waals surface area (Å²) in [6.07, 6.45) is -0.0772. The smallest absolute Gasteiger partial charge is 0.346 e. The Bertz CT molecular complexity index is 1300. The normalized spacial score (nSPS) is 22.5. The third-order valence-electron chi connectivity index (χ3n) is 5.10. The summed E-state index contributed by atoms with van der Waals surface area (Å²) in [5.41, 5.74) is -1.38. The number of imide groups is 1. The number of piperidine rings is 1. The summed E-state index contributed by atoms with van der Waals surface area (Å²) in [6, 6.07) is 3.07. The highest BCUT2D eigenvalue weighted by atomic mass is 35.5. The van der Waals surface area contributed by atoms with Crippen LogP contribution in [-0.4, -0.2) is 34.6 Å². The van der Waals surface area contributed by atoms with E-state index in [2.05, 4.69) is 5.32 Å². The maximum Gasteiger partial charge on any atom is 0.349 e. The Morgan fingerprint density at radius 3 is 2.72 bits per heavy atom. The lowest BCUT2D eigenvalue weighted by Gasteiger charge is -2.29. The molecule has 1 saturated heterocycles. The molecule has 32 heavy (non-hydrogen) atoms. The van der Waals surface area contributed by atoms with E-state index in [1.54, 1.807) is 0 Å². The molecule has 2 atom stereocenters. The molecule has 2 aliphatic rings. The lowest BCUT2D eigenvalue weighted by molar-refractivity contribution is -0.147. The first-order valence-electron chi connectivity index (χ1n) is 11.5. The van der Waals surface area contributed by atoms with Crippen LogP contribution in [0.15, 0.2) is 42.4 Å². The number of nitrogens with zero attached hydrogens (tertiary/aromatic N) is 1. The number of fused-ring (bicyclic) bond motifs is 1. The molecular weight excluding hydrogens is 444 g/mol. The van der Waals surface area contributed by atoms with Gasteiger partial charge in [-0.05, 0) is 35.7 Å². The van der Waals surface area contributed by atoms with Crippen LogP contribution in [0.3, 0.4) is 0 Å². The maximum absolute atomic E-state index is 14.7. The van der Waals surface area contributed by atoms with Gasteiger partial charge < -0.3 is 10.2 Å². The first kappa shape index (κ1) is 17.3. The molecule has 0 radical (unpaired) electrons. The molecule has 4 rings (SSSR count). The summed E-state index contributed by atoms with van der Waals surface area (Å²) < 4.78 is 62.4. The fourth-order valence-corrected chi connectivity index (χ4v) is 3.54. The van der Waals surface area contributed by atoms with Crippen LogP contribution >= 0.6 is 11.6 Å². The van der Waals surface area contributed by atoms with Crippen molar-refractivity contribution >= 4 is 35.2 Å². The molecule has 2 aromatic rings. The Hall–Kier alpha value is -3.33. The second-order valence-electron chi connectivity index (χ2n) is 7.23. The van der Waals surface area contributed by atoms with Gasteiger partial charge in [-0.1, -0.05) is 35.8 Å². The third-order valence-corrected chi connectivity index (χ3v) is 5.35. The van der Waals surface area contributed by atoms with Crippen LogP contribution in [0.4, 0.5) is 8.78 Å². The summed E-state index contributed by atoms with van der Waals surface area (Å²) in [7, 11) is 0. The van der Waals surface area contributed by atoms with E-state index in [0.29, 0.717) is 0 Å². The average molecular weight is 466 g/mol. The third kappa shape index (κ3) is 4.08. The monoisotopic (exact) mass is 465 g/mol. The van der Waals surface area contributed by atoms with Crippen molar-refractivity contribution in [1.82, 2.24) is 15.5 Å². The first-order chi connectivity index (χ1) is 16.8. The highest BCUT2D eigenvalue weighted by Crippen LogP contribution is 2.30. The van der Waals surface area contributed by atoms with Crippen molar-refractivity contribution in [2.24, 2.45) is 0 Å². The summed E-state index contributed by atoms with van der Waals surface area (Å²) in [4.78, 5) is 50.0. The van der Waals surface area contributed by atoms with E-state index in [1.165, 1.54) is 0 Å². The van der Waals surface area contributed by atoms with Crippen LogP contribution in [0, 0.1) is 0 Å². The lowest BCUT2D eigenvalue weighted by Crippen LogP contribution is -2.52. The predicted octanol–water partition coefficient (Wildman–Crippen LogP) is 2.51. The number of halogens is 3. The molecule has 0 aromatic heterocycles.